The van der Waals surface area contributed by atoms with Gasteiger partial charge in [-0.1, -0.05) is 37.1 Å². The highest BCUT2D eigenvalue weighted by Gasteiger charge is 2.30. The second-order valence-corrected chi connectivity index (χ2v) is 8.73. The molecular weight excluding hydrogens is 392 g/mol. The fourth-order valence-electron chi connectivity index (χ4n) is 4.96. The number of benzene rings is 2. The minimum atomic E-state index is -0.158. The highest BCUT2D eigenvalue weighted by Crippen LogP contribution is 2.34. The van der Waals surface area contributed by atoms with Gasteiger partial charge in [-0.2, -0.15) is 0 Å². The van der Waals surface area contributed by atoms with Crippen molar-refractivity contribution in [2.75, 3.05) is 12.1 Å². The van der Waals surface area contributed by atoms with Crippen LogP contribution in [-0.4, -0.2) is 29.5 Å². The van der Waals surface area contributed by atoms with Crippen molar-refractivity contribution in [1.29, 1.82) is 0 Å². The molecule has 0 spiro atoms. The first-order valence-electron chi connectivity index (χ1n) is 11.2. The van der Waals surface area contributed by atoms with Gasteiger partial charge in [-0.15, -0.1) is 0 Å². The van der Waals surface area contributed by atoms with Crippen LogP contribution in [0.2, 0.25) is 0 Å². The summed E-state index contributed by atoms with van der Waals surface area (Å²) in [5.74, 6) is 1.50. The van der Waals surface area contributed by atoms with E-state index in [9.17, 15) is 9.59 Å². The number of carbonyl (C=O) groups excluding carboxylic acids is 2. The van der Waals surface area contributed by atoms with E-state index in [4.69, 9.17) is 9.47 Å². The lowest BCUT2D eigenvalue weighted by Crippen LogP contribution is -2.39. The van der Waals surface area contributed by atoms with Crippen LogP contribution in [0.5, 0.6) is 11.5 Å². The lowest BCUT2D eigenvalue weighted by atomic mass is 9.89. The molecule has 5 rings (SSSR count). The first kappa shape index (κ1) is 19.9. The Labute approximate surface area is 182 Å². The minimum Gasteiger partial charge on any atom is -0.454 e. The molecular formula is C25H28N2O4. The van der Waals surface area contributed by atoms with E-state index in [1.807, 2.05) is 47.4 Å². The first-order valence-corrected chi connectivity index (χ1v) is 11.2. The molecule has 31 heavy (non-hydrogen) atoms. The van der Waals surface area contributed by atoms with E-state index in [1.165, 1.54) is 0 Å². The topological polar surface area (TPSA) is 67.9 Å². The van der Waals surface area contributed by atoms with Gasteiger partial charge in [0.15, 0.2) is 11.5 Å². The molecule has 1 saturated carbocycles. The molecule has 0 bridgehead atoms. The molecule has 2 amide bonds. The summed E-state index contributed by atoms with van der Waals surface area (Å²) in [7, 11) is 0. The van der Waals surface area contributed by atoms with Gasteiger partial charge in [0.25, 0.3) is 0 Å². The molecule has 3 aliphatic rings. The van der Waals surface area contributed by atoms with Gasteiger partial charge in [-0.05, 0) is 55.0 Å². The largest absolute Gasteiger partial charge is 0.454 e. The van der Waals surface area contributed by atoms with Crippen molar-refractivity contribution < 1.29 is 19.1 Å². The number of anilines is 1. The van der Waals surface area contributed by atoms with Crippen LogP contribution in [0.1, 0.15) is 49.7 Å². The van der Waals surface area contributed by atoms with Gasteiger partial charge in [0, 0.05) is 30.6 Å². The zero-order valence-corrected chi connectivity index (χ0v) is 17.6. The number of ether oxygens (including phenoxy) is 2. The number of nitrogens with one attached hydrogen (secondary N) is 1. The Bertz CT molecular complexity index is 983. The van der Waals surface area contributed by atoms with E-state index in [0.29, 0.717) is 25.8 Å². The number of para-hydroxylation sites is 1. The third-order valence-electron chi connectivity index (χ3n) is 6.69. The highest BCUT2D eigenvalue weighted by atomic mass is 16.7. The van der Waals surface area contributed by atoms with Crippen LogP contribution >= 0.6 is 0 Å². The van der Waals surface area contributed by atoms with Crippen LogP contribution in [0.4, 0.5) is 5.69 Å². The summed E-state index contributed by atoms with van der Waals surface area (Å²) in [6.07, 6.45) is 6.08. The Morgan fingerprint density at radius 1 is 1.06 bits per heavy atom. The van der Waals surface area contributed by atoms with Gasteiger partial charge in [0.1, 0.15) is 0 Å². The zero-order valence-electron chi connectivity index (χ0n) is 17.6. The summed E-state index contributed by atoms with van der Waals surface area (Å²) in [5.41, 5.74) is 3.09. The second-order valence-electron chi connectivity index (χ2n) is 8.73. The van der Waals surface area contributed by atoms with Crippen molar-refractivity contribution in [3.8, 4) is 11.5 Å². The molecule has 0 radical (unpaired) electrons. The lowest BCUT2D eigenvalue weighted by Gasteiger charge is -2.30. The van der Waals surface area contributed by atoms with Gasteiger partial charge in [-0.3, -0.25) is 9.59 Å². The molecule has 2 aromatic carbocycles. The van der Waals surface area contributed by atoms with Crippen molar-refractivity contribution in [2.45, 2.75) is 57.5 Å². The van der Waals surface area contributed by atoms with E-state index < -0.39 is 0 Å². The van der Waals surface area contributed by atoms with Gasteiger partial charge < -0.3 is 19.7 Å². The summed E-state index contributed by atoms with van der Waals surface area (Å²) < 4.78 is 10.9. The van der Waals surface area contributed by atoms with Crippen LogP contribution in [-0.2, 0) is 22.6 Å². The minimum absolute atomic E-state index is 0.0229. The molecule has 2 aliphatic heterocycles. The van der Waals surface area contributed by atoms with Crippen LogP contribution < -0.4 is 14.8 Å². The molecule has 0 aromatic heterocycles. The number of carbonyl (C=O) groups is 2. The smallest absolute Gasteiger partial charge is 0.231 e. The van der Waals surface area contributed by atoms with Crippen LogP contribution in [0.3, 0.4) is 0 Å². The number of rotatable bonds is 6. The quantitative estimate of drug-likeness (QED) is 0.758. The highest BCUT2D eigenvalue weighted by molar-refractivity contribution is 5.96. The summed E-state index contributed by atoms with van der Waals surface area (Å²) in [6, 6.07) is 14.1. The molecule has 2 heterocycles. The molecule has 1 fully saturated rings. The fourth-order valence-corrected chi connectivity index (χ4v) is 4.96. The average molecular weight is 421 g/mol. The maximum absolute atomic E-state index is 13.3. The van der Waals surface area contributed by atoms with E-state index >= 15 is 0 Å². The maximum atomic E-state index is 13.3. The van der Waals surface area contributed by atoms with Gasteiger partial charge in [0.05, 0.1) is 0 Å². The summed E-state index contributed by atoms with van der Waals surface area (Å²) >= 11 is 0. The molecule has 0 saturated heterocycles. The number of hydrogen-bond acceptors (Lipinski definition) is 4. The maximum Gasteiger partial charge on any atom is 0.231 e. The predicted molar refractivity (Wildman–Crippen MR) is 117 cm³/mol. The predicted octanol–water partition coefficient (Wildman–Crippen LogP) is 4.28. The molecule has 6 nitrogen and oxygen atoms in total. The number of hydrogen-bond donors (Lipinski definition) is 1. The van der Waals surface area contributed by atoms with Crippen LogP contribution in [0.15, 0.2) is 42.5 Å². The Kier molecular flexibility index (Phi) is 5.53. The molecule has 6 heteroatoms. The van der Waals surface area contributed by atoms with E-state index in [2.05, 4.69) is 5.32 Å². The number of amides is 2. The van der Waals surface area contributed by atoms with E-state index in [0.717, 1.165) is 54.0 Å². The molecule has 0 unspecified atom stereocenters. The second kappa shape index (κ2) is 8.61. The average Bonchev–Trinajstić information content (AvgIpc) is 3.47. The Balaban J connectivity index is 1.26. The molecule has 162 valence electrons. The van der Waals surface area contributed by atoms with Crippen molar-refractivity contribution in [1.82, 2.24) is 4.90 Å². The van der Waals surface area contributed by atoms with Gasteiger partial charge >= 0.3 is 0 Å². The zero-order chi connectivity index (χ0) is 21.2. The molecule has 1 N–H and O–H groups in total. The third kappa shape index (κ3) is 4.24. The summed E-state index contributed by atoms with van der Waals surface area (Å²) in [6.45, 7) is 0.816. The van der Waals surface area contributed by atoms with E-state index in [-0.39, 0.29) is 30.6 Å². The van der Waals surface area contributed by atoms with Crippen LogP contribution in [0.25, 0.3) is 0 Å². The van der Waals surface area contributed by atoms with Crippen molar-refractivity contribution in [3.05, 3.63) is 53.6 Å². The van der Waals surface area contributed by atoms with Crippen molar-refractivity contribution in [2.24, 2.45) is 5.92 Å². The van der Waals surface area contributed by atoms with Crippen molar-refractivity contribution in [3.63, 3.8) is 0 Å². The number of nitrogens with zero attached hydrogens (tertiary/aromatic N) is 1. The molecule has 1 atom stereocenters. The Morgan fingerprint density at radius 2 is 1.87 bits per heavy atom. The lowest BCUT2D eigenvalue weighted by molar-refractivity contribution is -0.134. The molecule has 1 aliphatic carbocycles. The fraction of sp³-hybridized carbons (Fsp3) is 0.440. The summed E-state index contributed by atoms with van der Waals surface area (Å²) in [4.78, 5) is 27.9. The first-order chi connectivity index (χ1) is 15.2. The monoisotopic (exact) mass is 420 g/mol. The van der Waals surface area contributed by atoms with E-state index in [1.54, 1.807) is 0 Å². The van der Waals surface area contributed by atoms with Crippen LogP contribution in [0, 0.1) is 5.92 Å². The molecule has 2 aromatic rings. The third-order valence-corrected chi connectivity index (χ3v) is 6.69. The Morgan fingerprint density at radius 3 is 2.74 bits per heavy atom. The van der Waals surface area contributed by atoms with Gasteiger partial charge in [-0.25, -0.2) is 0 Å². The Hall–Kier alpha value is -3.02. The standard InChI is InChI=1S/C25H28N2O4/c28-24(12-10-19-14-18-5-1-4-8-21(18)26-25(19)29)27(20-6-2-3-7-20)15-17-9-11-22-23(13-17)31-16-30-22/h1,4-5,8-9,11,13,19-20H,2-3,6-7,10,12,14-16H2,(H,26,29)/t19-/m0/s1. The normalized spacial score (nSPS) is 19.7. The van der Waals surface area contributed by atoms with Crippen molar-refractivity contribution >= 4 is 17.5 Å². The van der Waals surface area contributed by atoms with Gasteiger partial charge in [0.2, 0.25) is 18.6 Å². The summed E-state index contributed by atoms with van der Waals surface area (Å²) in [5, 5.41) is 2.99. The SMILES string of the molecule is O=C1Nc2ccccc2C[C@@H]1CCC(=O)N(Cc1ccc2c(c1)OCO2)C1CCCC1. The number of fused-ring (bicyclic) bond motifs is 2.